The minimum absolute atomic E-state index is 0.0669. The number of nitro benzene ring substituents is 1. The van der Waals surface area contributed by atoms with E-state index in [9.17, 15) is 24.5 Å². The van der Waals surface area contributed by atoms with Crippen LogP contribution in [0.5, 0.6) is 0 Å². The number of benzene rings is 4. The molecule has 47 heavy (non-hydrogen) atoms. The SMILES string of the molecule is O=C(Nc1ccc(SC(C(=O)Nc2ccc(Cl)cn2)c2ccccc2)cc1)/C(=C/c1ccc([N+](=O)[O-])cc1)NC(=O)c1ccccc1. The van der Waals surface area contributed by atoms with Gasteiger partial charge in [0.1, 0.15) is 16.8 Å². The second-order valence-corrected chi connectivity index (χ2v) is 11.6. The topological polar surface area (TPSA) is 143 Å². The van der Waals surface area contributed by atoms with Crippen molar-refractivity contribution in [1.82, 2.24) is 10.3 Å². The molecule has 0 aliphatic carbocycles. The maximum atomic E-state index is 13.4. The van der Waals surface area contributed by atoms with Crippen LogP contribution in [0, 0.1) is 10.1 Å². The number of pyridine rings is 1. The first-order valence-corrected chi connectivity index (χ1v) is 15.4. The van der Waals surface area contributed by atoms with E-state index in [1.807, 2.05) is 30.3 Å². The third-order valence-corrected chi connectivity index (χ3v) is 8.12. The monoisotopic (exact) mass is 663 g/mol. The van der Waals surface area contributed by atoms with Gasteiger partial charge in [-0.3, -0.25) is 24.5 Å². The highest BCUT2D eigenvalue weighted by Crippen LogP contribution is 2.36. The maximum Gasteiger partial charge on any atom is 0.272 e. The molecule has 3 N–H and O–H groups in total. The summed E-state index contributed by atoms with van der Waals surface area (Å²) in [7, 11) is 0. The number of carbonyl (C=O) groups is 3. The summed E-state index contributed by atoms with van der Waals surface area (Å²) in [6.07, 6.45) is 2.89. The second kappa shape index (κ2) is 15.5. The molecule has 1 aromatic heterocycles. The predicted molar refractivity (Wildman–Crippen MR) is 183 cm³/mol. The van der Waals surface area contributed by atoms with Crippen LogP contribution in [-0.2, 0) is 9.59 Å². The van der Waals surface area contributed by atoms with Crippen LogP contribution in [0.1, 0.15) is 26.7 Å². The van der Waals surface area contributed by atoms with Gasteiger partial charge >= 0.3 is 0 Å². The van der Waals surface area contributed by atoms with Gasteiger partial charge in [-0.25, -0.2) is 4.98 Å². The molecule has 5 rings (SSSR count). The van der Waals surface area contributed by atoms with E-state index < -0.39 is 22.0 Å². The first-order valence-electron chi connectivity index (χ1n) is 14.1. The zero-order chi connectivity index (χ0) is 33.2. The van der Waals surface area contributed by atoms with Crippen LogP contribution in [-0.4, -0.2) is 27.6 Å². The summed E-state index contributed by atoms with van der Waals surface area (Å²) in [5.41, 5.74) is 1.88. The molecule has 0 radical (unpaired) electrons. The average molecular weight is 664 g/mol. The number of non-ortho nitro benzene ring substituents is 1. The number of nitro groups is 1. The Morgan fingerprint density at radius 2 is 1.47 bits per heavy atom. The second-order valence-electron chi connectivity index (χ2n) is 9.96. The van der Waals surface area contributed by atoms with Crippen molar-refractivity contribution in [2.45, 2.75) is 10.1 Å². The lowest BCUT2D eigenvalue weighted by Crippen LogP contribution is -2.30. The summed E-state index contributed by atoms with van der Waals surface area (Å²) in [4.78, 5) is 55.1. The molecule has 1 unspecified atom stereocenters. The van der Waals surface area contributed by atoms with Gasteiger partial charge in [0, 0.05) is 34.5 Å². The Labute approximate surface area is 279 Å². The largest absolute Gasteiger partial charge is 0.321 e. The lowest BCUT2D eigenvalue weighted by molar-refractivity contribution is -0.384. The van der Waals surface area contributed by atoms with Crippen LogP contribution in [0.2, 0.25) is 5.02 Å². The minimum Gasteiger partial charge on any atom is -0.321 e. The molecule has 234 valence electrons. The van der Waals surface area contributed by atoms with Gasteiger partial charge in [0.2, 0.25) is 5.91 Å². The van der Waals surface area contributed by atoms with Crippen LogP contribution < -0.4 is 16.0 Å². The van der Waals surface area contributed by atoms with Crippen LogP contribution >= 0.6 is 23.4 Å². The highest BCUT2D eigenvalue weighted by atomic mass is 35.5. The molecule has 0 saturated heterocycles. The van der Waals surface area contributed by atoms with Gasteiger partial charge in [-0.1, -0.05) is 60.1 Å². The van der Waals surface area contributed by atoms with E-state index in [4.69, 9.17) is 11.6 Å². The van der Waals surface area contributed by atoms with E-state index in [-0.39, 0.29) is 17.3 Å². The Bertz CT molecular complexity index is 1910. The van der Waals surface area contributed by atoms with Crippen LogP contribution in [0.25, 0.3) is 6.08 Å². The smallest absolute Gasteiger partial charge is 0.272 e. The fraction of sp³-hybridized carbons (Fsp3) is 0.0286. The molecule has 0 aliphatic heterocycles. The molecule has 0 spiro atoms. The number of aromatic nitrogens is 1. The number of hydrogen-bond donors (Lipinski definition) is 3. The third kappa shape index (κ3) is 9.13. The third-order valence-electron chi connectivity index (χ3n) is 6.63. The van der Waals surface area contributed by atoms with Gasteiger partial charge in [-0.15, -0.1) is 11.8 Å². The number of carbonyl (C=O) groups excluding carboxylic acids is 3. The number of nitrogens with one attached hydrogen (secondary N) is 3. The predicted octanol–water partition coefficient (Wildman–Crippen LogP) is 7.52. The normalized spacial score (nSPS) is 11.6. The number of rotatable bonds is 11. The van der Waals surface area contributed by atoms with Gasteiger partial charge in [-0.05, 0) is 77.9 Å². The number of anilines is 2. The van der Waals surface area contributed by atoms with E-state index >= 15 is 0 Å². The molecule has 0 aliphatic rings. The molecule has 0 saturated carbocycles. The van der Waals surface area contributed by atoms with Crippen molar-refractivity contribution < 1.29 is 19.3 Å². The Morgan fingerprint density at radius 3 is 2.09 bits per heavy atom. The summed E-state index contributed by atoms with van der Waals surface area (Å²) >= 11 is 7.25. The van der Waals surface area contributed by atoms with Gasteiger partial charge < -0.3 is 16.0 Å². The van der Waals surface area contributed by atoms with Crippen molar-refractivity contribution in [3.63, 3.8) is 0 Å². The van der Waals surface area contributed by atoms with E-state index in [0.717, 1.165) is 10.5 Å². The lowest BCUT2D eigenvalue weighted by atomic mass is 10.1. The fourth-order valence-electron chi connectivity index (χ4n) is 4.29. The fourth-order valence-corrected chi connectivity index (χ4v) is 5.43. The Morgan fingerprint density at radius 1 is 0.809 bits per heavy atom. The molecule has 0 fully saturated rings. The molecular formula is C35H26ClN5O5S. The van der Waals surface area contributed by atoms with E-state index in [2.05, 4.69) is 20.9 Å². The molecule has 3 amide bonds. The van der Waals surface area contributed by atoms with Crippen molar-refractivity contribution in [1.29, 1.82) is 0 Å². The standard InChI is InChI=1S/C35H26ClN5O5S/c36-26-13-20-31(37-22-26)40-35(44)32(24-7-3-1-4-8-24)47-29-18-14-27(15-19-29)38-34(43)30(39-33(42)25-9-5-2-6-10-25)21-23-11-16-28(17-12-23)41(45)46/h1-22,32H,(H,38,43)(H,39,42)(H,37,40,44)/b30-21-. The lowest BCUT2D eigenvalue weighted by Gasteiger charge is -2.17. The van der Waals surface area contributed by atoms with E-state index in [0.29, 0.717) is 27.7 Å². The first-order chi connectivity index (χ1) is 22.7. The molecular weight excluding hydrogens is 638 g/mol. The van der Waals surface area contributed by atoms with Crippen LogP contribution in [0.3, 0.4) is 0 Å². The van der Waals surface area contributed by atoms with Crippen molar-refractivity contribution in [3.05, 3.63) is 165 Å². The zero-order valence-electron chi connectivity index (χ0n) is 24.5. The molecule has 1 heterocycles. The number of nitrogens with zero attached hydrogens (tertiary/aromatic N) is 2. The van der Waals surface area contributed by atoms with Crippen molar-refractivity contribution in [3.8, 4) is 0 Å². The molecule has 10 nitrogen and oxygen atoms in total. The molecule has 5 aromatic rings. The number of thioether (sulfide) groups is 1. The van der Waals surface area contributed by atoms with Crippen molar-refractivity contribution >= 4 is 64.4 Å². The quantitative estimate of drug-likeness (QED) is 0.0574. The summed E-state index contributed by atoms with van der Waals surface area (Å²) in [5.74, 6) is -1.01. The Kier molecular flexibility index (Phi) is 10.7. The van der Waals surface area contributed by atoms with Crippen molar-refractivity contribution in [2.24, 2.45) is 0 Å². The van der Waals surface area contributed by atoms with Crippen LogP contribution in [0.15, 0.2) is 138 Å². The highest BCUT2D eigenvalue weighted by Gasteiger charge is 2.23. The van der Waals surface area contributed by atoms with Gasteiger partial charge in [0.25, 0.3) is 17.5 Å². The molecule has 1 atom stereocenters. The summed E-state index contributed by atoms with van der Waals surface area (Å²) < 4.78 is 0. The summed E-state index contributed by atoms with van der Waals surface area (Å²) in [5, 5.41) is 19.2. The maximum absolute atomic E-state index is 13.4. The van der Waals surface area contributed by atoms with Gasteiger partial charge in [-0.2, -0.15) is 0 Å². The van der Waals surface area contributed by atoms with Crippen LogP contribution in [0.4, 0.5) is 17.2 Å². The van der Waals surface area contributed by atoms with E-state index in [1.165, 1.54) is 48.3 Å². The van der Waals surface area contributed by atoms with Crippen molar-refractivity contribution in [2.75, 3.05) is 10.6 Å². The number of amides is 3. The number of halogens is 1. The zero-order valence-corrected chi connectivity index (χ0v) is 26.1. The summed E-state index contributed by atoms with van der Waals surface area (Å²) in [6.45, 7) is 0. The minimum atomic E-state index is -0.612. The molecule has 12 heteroatoms. The highest BCUT2D eigenvalue weighted by molar-refractivity contribution is 8.00. The van der Waals surface area contributed by atoms with Gasteiger partial charge in [0.05, 0.1) is 9.95 Å². The number of hydrogen-bond acceptors (Lipinski definition) is 7. The molecule has 0 bridgehead atoms. The van der Waals surface area contributed by atoms with E-state index in [1.54, 1.807) is 66.7 Å². The average Bonchev–Trinajstić information content (AvgIpc) is 3.09. The molecule has 4 aromatic carbocycles. The summed E-state index contributed by atoms with van der Waals surface area (Å²) in [6, 6.07) is 33.5. The Balaban J connectivity index is 1.33. The Hall–Kier alpha value is -5.78. The van der Waals surface area contributed by atoms with Gasteiger partial charge in [0.15, 0.2) is 0 Å². The first kappa shape index (κ1) is 32.6.